The van der Waals surface area contributed by atoms with E-state index in [0.717, 1.165) is 0 Å². The van der Waals surface area contributed by atoms with Crippen LogP contribution in [-0.2, 0) is 9.59 Å². The van der Waals surface area contributed by atoms with E-state index in [-0.39, 0.29) is 12.0 Å². The number of hydrogen-bond donors (Lipinski definition) is 2. The second-order valence-electron chi connectivity index (χ2n) is 5.75. The summed E-state index contributed by atoms with van der Waals surface area (Å²) in [6, 6.07) is 0. The molecule has 0 amide bonds. The van der Waals surface area contributed by atoms with Crippen LogP contribution in [0.1, 0.15) is 39.5 Å². The third-order valence-electron chi connectivity index (χ3n) is 3.98. The summed E-state index contributed by atoms with van der Waals surface area (Å²) in [6.45, 7) is 7.68. The summed E-state index contributed by atoms with van der Waals surface area (Å²) < 4.78 is 0. The molecular weight excluding hydrogens is 270 g/mol. The molecule has 5 heteroatoms. The molecule has 1 fully saturated rings. The Labute approximate surface area is 125 Å². The molecule has 0 radical (unpaired) electrons. The predicted octanol–water partition coefficient (Wildman–Crippen LogP) is 2.54. The number of allylic oxidation sites excluding steroid dienone is 2. The lowest BCUT2D eigenvalue weighted by Crippen LogP contribution is -2.29. The number of carboxylic acids is 2. The Balaban J connectivity index is 0.000000235. The van der Waals surface area contributed by atoms with Gasteiger partial charge >= 0.3 is 11.9 Å². The third-order valence-corrected chi connectivity index (χ3v) is 3.98. The van der Waals surface area contributed by atoms with Crippen molar-refractivity contribution in [2.45, 2.75) is 39.5 Å². The number of rotatable bonds is 3. The quantitative estimate of drug-likeness (QED) is 0.836. The van der Waals surface area contributed by atoms with Gasteiger partial charge in [0.05, 0.1) is 5.41 Å². The normalized spacial score (nSPS) is 25.5. The van der Waals surface area contributed by atoms with Crippen molar-refractivity contribution in [2.24, 2.45) is 5.41 Å². The van der Waals surface area contributed by atoms with Crippen molar-refractivity contribution in [1.29, 1.82) is 0 Å². The zero-order valence-electron chi connectivity index (χ0n) is 12.8. The minimum atomic E-state index is -1.08. The molecule has 0 aromatic rings. The largest absolute Gasteiger partial charge is 0.481 e. The number of carboxylic acid groups (broad SMARTS) is 2. The predicted molar refractivity (Wildman–Crippen MR) is 81.2 cm³/mol. The van der Waals surface area contributed by atoms with Crippen LogP contribution in [0.5, 0.6) is 0 Å². The van der Waals surface area contributed by atoms with Crippen LogP contribution < -0.4 is 0 Å². The number of piperidine rings is 1. The molecular formula is C16H25NO4. The summed E-state index contributed by atoms with van der Waals surface area (Å²) in [5.74, 6) is -2.06. The maximum atomic E-state index is 10.8. The molecule has 2 N–H and O–H groups in total. The van der Waals surface area contributed by atoms with Crippen LogP contribution in [-0.4, -0.2) is 46.7 Å². The van der Waals surface area contributed by atoms with Gasteiger partial charge in [-0.2, -0.15) is 0 Å². The van der Waals surface area contributed by atoms with Gasteiger partial charge in [-0.05, 0) is 45.8 Å². The van der Waals surface area contributed by atoms with Gasteiger partial charge in [-0.3, -0.25) is 4.79 Å². The average Bonchev–Trinajstić information content (AvgIpc) is 2.48. The van der Waals surface area contributed by atoms with Gasteiger partial charge in [-0.15, -0.1) is 0 Å². The molecule has 2 rings (SSSR count). The van der Waals surface area contributed by atoms with E-state index in [1.54, 1.807) is 0 Å². The van der Waals surface area contributed by atoms with Gasteiger partial charge in [0.15, 0.2) is 0 Å². The fraction of sp³-hybridized carbons (Fsp3) is 0.625. The highest BCUT2D eigenvalue weighted by Crippen LogP contribution is 2.31. The molecule has 1 unspecified atom stereocenters. The van der Waals surface area contributed by atoms with Crippen LogP contribution in [0.25, 0.3) is 0 Å². The van der Waals surface area contributed by atoms with Crippen LogP contribution in [0, 0.1) is 5.41 Å². The fourth-order valence-corrected chi connectivity index (χ4v) is 2.46. The van der Waals surface area contributed by atoms with Gasteiger partial charge in [-0.1, -0.05) is 31.6 Å². The lowest BCUT2D eigenvalue weighted by molar-refractivity contribution is -0.145. The van der Waals surface area contributed by atoms with Crippen molar-refractivity contribution in [2.75, 3.05) is 19.6 Å². The lowest BCUT2D eigenvalue weighted by Gasteiger charge is -2.24. The first-order chi connectivity index (χ1) is 9.89. The summed E-state index contributed by atoms with van der Waals surface area (Å²) in [6.07, 6.45) is 8.74. The highest BCUT2D eigenvalue weighted by Gasteiger charge is 2.34. The van der Waals surface area contributed by atoms with Crippen molar-refractivity contribution in [1.82, 2.24) is 4.90 Å². The number of aliphatic carboxylic acids is 2. The number of carbonyl (C=O) groups is 2. The summed E-state index contributed by atoms with van der Waals surface area (Å²) in [7, 11) is 0. The summed E-state index contributed by atoms with van der Waals surface area (Å²) in [4.78, 5) is 23.9. The lowest BCUT2D eigenvalue weighted by atomic mass is 9.80. The number of hydrogen-bond acceptors (Lipinski definition) is 3. The second-order valence-corrected chi connectivity index (χ2v) is 5.75. The van der Waals surface area contributed by atoms with Crippen LogP contribution >= 0.6 is 0 Å². The van der Waals surface area contributed by atoms with E-state index in [9.17, 15) is 9.59 Å². The molecule has 1 heterocycles. The molecule has 5 nitrogen and oxygen atoms in total. The molecule has 0 bridgehead atoms. The molecule has 0 aromatic carbocycles. The molecule has 0 saturated carbocycles. The molecule has 0 spiro atoms. The fourth-order valence-electron chi connectivity index (χ4n) is 2.46. The van der Waals surface area contributed by atoms with Crippen molar-refractivity contribution < 1.29 is 19.8 Å². The Bertz CT molecular complexity index is 436. The first kappa shape index (κ1) is 17.4. The van der Waals surface area contributed by atoms with E-state index in [0.29, 0.717) is 0 Å². The third kappa shape index (κ3) is 5.34. The molecule has 118 valence electrons. The highest BCUT2D eigenvalue weighted by atomic mass is 16.4. The smallest absolute Gasteiger partial charge is 0.331 e. The molecule has 1 aliphatic carbocycles. The van der Waals surface area contributed by atoms with Crippen molar-refractivity contribution in [3.63, 3.8) is 0 Å². The Morgan fingerprint density at radius 1 is 1.24 bits per heavy atom. The summed E-state index contributed by atoms with van der Waals surface area (Å²) >= 11 is 0. The minimum absolute atomic E-state index is 0.0359. The van der Waals surface area contributed by atoms with Gasteiger partial charge in [0.2, 0.25) is 0 Å². The van der Waals surface area contributed by atoms with Crippen LogP contribution in [0.3, 0.4) is 0 Å². The van der Waals surface area contributed by atoms with E-state index < -0.39 is 17.4 Å². The number of likely N-dealkylation sites (tertiary alicyclic amines) is 1. The first-order valence-corrected chi connectivity index (χ1v) is 7.46. The van der Waals surface area contributed by atoms with Crippen LogP contribution in [0.4, 0.5) is 0 Å². The summed E-state index contributed by atoms with van der Waals surface area (Å²) in [5.41, 5.74) is -0.949. The van der Waals surface area contributed by atoms with Gasteiger partial charge in [0.25, 0.3) is 0 Å². The Hall–Kier alpha value is -1.62. The van der Waals surface area contributed by atoms with E-state index in [4.69, 9.17) is 10.2 Å². The maximum Gasteiger partial charge on any atom is 0.331 e. The Kier molecular flexibility index (Phi) is 6.62. The first-order valence-electron chi connectivity index (χ1n) is 7.46. The summed E-state index contributed by atoms with van der Waals surface area (Å²) in [5, 5.41) is 17.5. The second kappa shape index (κ2) is 7.98. The van der Waals surface area contributed by atoms with Gasteiger partial charge in [0, 0.05) is 5.57 Å². The molecule has 1 aliphatic heterocycles. The molecule has 1 atom stereocenters. The van der Waals surface area contributed by atoms with E-state index in [1.807, 2.05) is 0 Å². The Morgan fingerprint density at radius 2 is 1.86 bits per heavy atom. The molecule has 21 heavy (non-hydrogen) atoms. The molecule has 2 aliphatic rings. The monoisotopic (exact) mass is 295 g/mol. The van der Waals surface area contributed by atoms with Gasteiger partial charge in [0.1, 0.15) is 0 Å². The van der Waals surface area contributed by atoms with E-state index >= 15 is 0 Å². The van der Waals surface area contributed by atoms with Gasteiger partial charge < -0.3 is 15.1 Å². The van der Waals surface area contributed by atoms with Crippen molar-refractivity contribution in [3.05, 3.63) is 23.8 Å². The van der Waals surface area contributed by atoms with Crippen LogP contribution in [0.2, 0.25) is 0 Å². The minimum Gasteiger partial charge on any atom is -0.481 e. The topological polar surface area (TPSA) is 77.8 Å². The van der Waals surface area contributed by atoms with E-state index in [2.05, 4.69) is 11.8 Å². The standard InChI is InChI=1S/C9H10O4.C7H15N/c1-9(8(12)13)4-2-3-6(5-9)7(10)11;1-2-8-6-4-3-5-7-8/h2-4H,5H2,1H3,(H,10,11)(H,12,13);2-7H2,1H3. The maximum absolute atomic E-state index is 10.8. The zero-order valence-corrected chi connectivity index (χ0v) is 12.8. The van der Waals surface area contributed by atoms with E-state index in [1.165, 1.54) is 64.0 Å². The molecule has 1 saturated heterocycles. The zero-order chi connectivity index (χ0) is 15.9. The van der Waals surface area contributed by atoms with Crippen molar-refractivity contribution in [3.8, 4) is 0 Å². The highest BCUT2D eigenvalue weighted by molar-refractivity contribution is 5.90. The number of nitrogens with zero attached hydrogens (tertiary/aromatic N) is 1. The average molecular weight is 295 g/mol. The van der Waals surface area contributed by atoms with Gasteiger partial charge in [-0.25, -0.2) is 4.79 Å². The van der Waals surface area contributed by atoms with Crippen LogP contribution in [0.15, 0.2) is 23.8 Å². The van der Waals surface area contributed by atoms with Crippen molar-refractivity contribution >= 4 is 11.9 Å². The Morgan fingerprint density at radius 3 is 2.29 bits per heavy atom. The molecule has 0 aromatic heterocycles. The SMILES string of the molecule is CC1(C(=O)O)C=CC=C(C(=O)O)C1.CCN1CCCCC1.